The van der Waals surface area contributed by atoms with Crippen LogP contribution >= 0.6 is 67.8 Å². The molecule has 0 saturated heterocycles. The van der Waals surface area contributed by atoms with E-state index in [2.05, 4.69) is 73.8 Å². The van der Waals surface area contributed by atoms with E-state index in [1.165, 1.54) is 6.42 Å². The van der Waals surface area contributed by atoms with Gasteiger partial charge in [0.2, 0.25) is 0 Å². The summed E-state index contributed by atoms with van der Waals surface area (Å²) in [7, 11) is 0. The van der Waals surface area contributed by atoms with Gasteiger partial charge in [-0.2, -0.15) is 0 Å². The lowest BCUT2D eigenvalue weighted by Gasteiger charge is -2.37. The third-order valence-corrected chi connectivity index (χ3v) is 7.01. The normalized spacial score (nSPS) is 15.2. The molecule has 1 aliphatic rings. The molecule has 1 aliphatic carbocycles. The molecule has 19 heavy (non-hydrogen) atoms. The molecule has 0 aliphatic heterocycles. The van der Waals surface area contributed by atoms with Crippen LogP contribution in [0.1, 0.15) is 29.6 Å². The zero-order valence-corrected chi connectivity index (χ0v) is 16.7. The molecule has 0 bridgehead atoms. The van der Waals surface area contributed by atoms with Gasteiger partial charge in [0.05, 0.1) is 12.2 Å². The van der Waals surface area contributed by atoms with Crippen molar-refractivity contribution in [2.75, 3.05) is 13.2 Å². The number of rotatable bonds is 4. The third kappa shape index (κ3) is 3.73. The van der Waals surface area contributed by atoms with Crippen molar-refractivity contribution in [1.29, 1.82) is 0 Å². The van der Waals surface area contributed by atoms with Crippen molar-refractivity contribution in [3.63, 3.8) is 0 Å². The number of nitrogens with zero attached hydrogens (tertiary/aromatic N) is 1. The lowest BCUT2D eigenvalue weighted by atomic mass is 9.91. The van der Waals surface area contributed by atoms with Crippen molar-refractivity contribution >= 4 is 73.7 Å². The molecule has 0 radical (unpaired) electrons. The molecule has 1 amide bonds. The van der Waals surface area contributed by atoms with Crippen LogP contribution in [0.25, 0.3) is 0 Å². The van der Waals surface area contributed by atoms with Gasteiger partial charge in [0, 0.05) is 23.3 Å². The van der Waals surface area contributed by atoms with Crippen LogP contribution in [-0.4, -0.2) is 35.1 Å². The molecule has 1 saturated carbocycles. The molecule has 3 nitrogen and oxygen atoms in total. The number of carbonyl (C=O) groups excluding carboxylic acids is 1. The fraction of sp³-hybridized carbons (Fsp3) is 0.462. The first kappa shape index (κ1) is 16.2. The second kappa shape index (κ2) is 7.21. The van der Waals surface area contributed by atoms with Crippen molar-refractivity contribution in [2.24, 2.45) is 0 Å². The van der Waals surface area contributed by atoms with Crippen LogP contribution in [0, 0.1) is 10.7 Å². The predicted molar refractivity (Wildman–Crippen MR) is 100 cm³/mol. The fourth-order valence-electron chi connectivity index (χ4n) is 2.12. The van der Waals surface area contributed by atoms with Gasteiger partial charge in [-0.15, -0.1) is 0 Å². The second-order valence-corrected chi connectivity index (χ2v) is 8.04. The summed E-state index contributed by atoms with van der Waals surface area (Å²) < 4.78 is 3.18. The first-order chi connectivity index (χ1) is 9.04. The number of amides is 1. The molecule has 1 N–H and O–H groups in total. The Kier molecular flexibility index (Phi) is 6.15. The maximum Gasteiger partial charge on any atom is 0.255 e. The summed E-state index contributed by atoms with van der Waals surface area (Å²) in [5, 5.41) is 9.18. The summed E-state index contributed by atoms with van der Waals surface area (Å²) in [6, 6.07) is 4.32. The van der Waals surface area contributed by atoms with E-state index in [4.69, 9.17) is 0 Å². The summed E-state index contributed by atoms with van der Waals surface area (Å²) in [5.41, 5.74) is 0.761. The van der Waals surface area contributed by atoms with Crippen LogP contribution in [0.2, 0.25) is 0 Å². The Hall–Kier alpha value is 0.840. The summed E-state index contributed by atoms with van der Waals surface area (Å²) in [5.74, 6) is 0.0552. The highest BCUT2D eigenvalue weighted by molar-refractivity contribution is 14.1. The molecular formula is C13H14I3NO2. The standard InChI is InChI=1S/C13H14I3NO2/c14-8-6-10(12(16)11(15)7-8)13(19)17(4-5-18)9-2-1-3-9/h6-7,9,18H,1-5H2. The SMILES string of the molecule is O=C(c1cc(I)cc(I)c1I)N(CCO)C1CCC1. The van der Waals surface area contributed by atoms with E-state index in [1.54, 1.807) is 0 Å². The molecule has 104 valence electrons. The first-order valence-electron chi connectivity index (χ1n) is 6.11. The van der Waals surface area contributed by atoms with Gasteiger partial charge in [-0.3, -0.25) is 4.79 Å². The van der Waals surface area contributed by atoms with Gasteiger partial charge >= 0.3 is 0 Å². The molecular weight excluding hydrogens is 583 g/mol. The zero-order chi connectivity index (χ0) is 14.0. The summed E-state index contributed by atoms with van der Waals surface area (Å²) >= 11 is 6.73. The van der Waals surface area contributed by atoms with Crippen LogP contribution in [0.4, 0.5) is 0 Å². The number of hydrogen-bond acceptors (Lipinski definition) is 2. The summed E-state index contributed by atoms with van der Waals surface area (Å²) in [4.78, 5) is 14.5. The highest BCUT2D eigenvalue weighted by Crippen LogP contribution is 2.29. The van der Waals surface area contributed by atoms with Gasteiger partial charge in [-0.05, 0) is 99.2 Å². The van der Waals surface area contributed by atoms with E-state index in [9.17, 15) is 9.90 Å². The van der Waals surface area contributed by atoms with E-state index >= 15 is 0 Å². The first-order valence-corrected chi connectivity index (χ1v) is 9.34. The van der Waals surface area contributed by atoms with E-state index in [0.29, 0.717) is 12.6 Å². The lowest BCUT2D eigenvalue weighted by Crippen LogP contribution is -2.46. The molecule has 1 aromatic carbocycles. The average Bonchev–Trinajstić information content (AvgIpc) is 2.30. The summed E-state index contributed by atoms with van der Waals surface area (Å²) in [6.07, 6.45) is 3.30. The molecule has 2 rings (SSSR count). The minimum absolute atomic E-state index is 0.0276. The number of halogens is 3. The van der Waals surface area contributed by atoms with Crippen molar-refractivity contribution in [1.82, 2.24) is 4.90 Å². The van der Waals surface area contributed by atoms with Crippen LogP contribution in [0.5, 0.6) is 0 Å². The Morgan fingerprint density at radius 2 is 2.00 bits per heavy atom. The van der Waals surface area contributed by atoms with E-state index in [0.717, 1.165) is 29.1 Å². The van der Waals surface area contributed by atoms with Crippen molar-refractivity contribution < 1.29 is 9.90 Å². The molecule has 1 aromatic rings. The molecule has 0 heterocycles. The van der Waals surface area contributed by atoms with Gasteiger partial charge in [-0.1, -0.05) is 0 Å². The van der Waals surface area contributed by atoms with Gasteiger partial charge in [0.1, 0.15) is 0 Å². The molecule has 0 aromatic heterocycles. The van der Waals surface area contributed by atoms with Crippen molar-refractivity contribution in [3.8, 4) is 0 Å². The van der Waals surface area contributed by atoms with Crippen LogP contribution in [0.15, 0.2) is 12.1 Å². The quantitative estimate of drug-likeness (QED) is 0.427. The highest BCUT2D eigenvalue weighted by Gasteiger charge is 2.30. The molecule has 0 unspecified atom stereocenters. The highest BCUT2D eigenvalue weighted by atomic mass is 127. The smallest absolute Gasteiger partial charge is 0.255 e. The Bertz CT molecular complexity index is 489. The van der Waals surface area contributed by atoms with Gasteiger partial charge in [0.15, 0.2) is 0 Å². The van der Waals surface area contributed by atoms with Crippen LogP contribution in [-0.2, 0) is 0 Å². The minimum Gasteiger partial charge on any atom is -0.395 e. The lowest BCUT2D eigenvalue weighted by molar-refractivity contribution is 0.0524. The largest absolute Gasteiger partial charge is 0.395 e. The van der Waals surface area contributed by atoms with E-state index in [-0.39, 0.29) is 12.5 Å². The van der Waals surface area contributed by atoms with E-state index < -0.39 is 0 Å². The second-order valence-electron chi connectivity index (χ2n) is 4.56. The zero-order valence-electron chi connectivity index (χ0n) is 10.2. The Balaban J connectivity index is 2.30. The number of aliphatic hydroxyl groups excluding tert-OH is 1. The van der Waals surface area contributed by atoms with Gasteiger partial charge in [0.25, 0.3) is 5.91 Å². The Labute approximate surface area is 153 Å². The number of benzene rings is 1. The van der Waals surface area contributed by atoms with Crippen LogP contribution < -0.4 is 0 Å². The Morgan fingerprint density at radius 1 is 1.32 bits per heavy atom. The molecule has 6 heteroatoms. The maximum absolute atomic E-state index is 12.7. The molecule has 0 spiro atoms. The number of aliphatic hydroxyl groups is 1. The predicted octanol–water partition coefficient (Wildman–Crippen LogP) is 3.49. The van der Waals surface area contributed by atoms with Crippen molar-refractivity contribution in [3.05, 3.63) is 28.4 Å². The maximum atomic E-state index is 12.7. The monoisotopic (exact) mass is 597 g/mol. The fourth-order valence-corrected chi connectivity index (χ4v) is 4.51. The summed E-state index contributed by atoms with van der Waals surface area (Å²) in [6.45, 7) is 0.460. The topological polar surface area (TPSA) is 40.5 Å². The third-order valence-electron chi connectivity index (χ3n) is 3.34. The molecule has 1 fully saturated rings. The molecule has 0 atom stereocenters. The van der Waals surface area contributed by atoms with Crippen molar-refractivity contribution in [2.45, 2.75) is 25.3 Å². The minimum atomic E-state index is 0.0276. The van der Waals surface area contributed by atoms with Crippen LogP contribution in [0.3, 0.4) is 0 Å². The average molecular weight is 597 g/mol. The van der Waals surface area contributed by atoms with E-state index in [1.807, 2.05) is 11.0 Å². The Morgan fingerprint density at radius 3 is 2.53 bits per heavy atom. The van der Waals surface area contributed by atoms with Gasteiger partial charge in [-0.25, -0.2) is 0 Å². The number of hydrogen-bond donors (Lipinski definition) is 1. The van der Waals surface area contributed by atoms with Gasteiger partial charge < -0.3 is 10.0 Å². The number of carbonyl (C=O) groups is 1.